The Morgan fingerprint density at radius 2 is 1.82 bits per heavy atom. The lowest BCUT2D eigenvalue weighted by molar-refractivity contribution is 0.0527. The molecule has 1 aromatic carbocycles. The third-order valence-corrected chi connectivity index (χ3v) is 5.59. The first-order valence-corrected chi connectivity index (χ1v) is 10.2. The van der Waals surface area contributed by atoms with Crippen LogP contribution in [0, 0.1) is 13.8 Å². The molecule has 0 atom stereocenters. The Balaban J connectivity index is 1.74. The number of hydrogen-bond donors (Lipinski definition) is 1. The summed E-state index contributed by atoms with van der Waals surface area (Å²) < 4.78 is 7.44. The van der Waals surface area contributed by atoms with Gasteiger partial charge in [-0.2, -0.15) is 0 Å². The molecule has 1 N–H and O–H groups in total. The molecule has 2 aromatic rings. The van der Waals surface area contributed by atoms with Crippen molar-refractivity contribution in [2.75, 3.05) is 18.5 Å². The van der Waals surface area contributed by atoms with Gasteiger partial charge in [0.1, 0.15) is 0 Å². The van der Waals surface area contributed by atoms with Crippen LogP contribution in [0.5, 0.6) is 0 Å². The fraction of sp³-hybridized carbons (Fsp3) is 0.478. The van der Waals surface area contributed by atoms with Crippen LogP contribution in [0.3, 0.4) is 0 Å². The van der Waals surface area contributed by atoms with Crippen molar-refractivity contribution < 1.29 is 14.3 Å². The summed E-state index contributed by atoms with van der Waals surface area (Å²) >= 11 is 0. The van der Waals surface area contributed by atoms with Crippen LogP contribution >= 0.6 is 0 Å². The molecule has 1 aliphatic carbocycles. The zero-order valence-corrected chi connectivity index (χ0v) is 17.1. The average molecular weight is 383 g/mol. The molecule has 1 aliphatic rings. The fourth-order valence-electron chi connectivity index (χ4n) is 4.26. The van der Waals surface area contributed by atoms with Crippen molar-refractivity contribution in [2.45, 2.75) is 58.9 Å². The normalized spacial score (nSPS) is 14.7. The van der Waals surface area contributed by atoms with Crippen LogP contribution in [0.1, 0.15) is 77.2 Å². The second-order valence-corrected chi connectivity index (χ2v) is 7.49. The predicted molar refractivity (Wildman–Crippen MR) is 111 cm³/mol. The summed E-state index contributed by atoms with van der Waals surface area (Å²) in [5.41, 5.74) is 4.04. The fourth-order valence-corrected chi connectivity index (χ4v) is 4.26. The molecular formula is C23H30N2O3. The van der Waals surface area contributed by atoms with Gasteiger partial charge in [0, 0.05) is 28.7 Å². The Labute approximate surface area is 167 Å². The lowest BCUT2D eigenvalue weighted by Gasteiger charge is -2.26. The molecule has 28 heavy (non-hydrogen) atoms. The summed E-state index contributed by atoms with van der Waals surface area (Å²) in [6.45, 7) is 6.37. The number of aryl methyl sites for hydroxylation is 1. The van der Waals surface area contributed by atoms with Crippen LogP contribution < -0.4 is 5.32 Å². The van der Waals surface area contributed by atoms with E-state index >= 15 is 0 Å². The molecule has 0 saturated heterocycles. The number of esters is 1. The number of ketones is 1. The molecule has 0 bridgehead atoms. The van der Waals surface area contributed by atoms with Gasteiger partial charge in [0.15, 0.2) is 5.78 Å². The van der Waals surface area contributed by atoms with Crippen LogP contribution in [0.4, 0.5) is 5.69 Å². The second kappa shape index (κ2) is 9.09. The highest BCUT2D eigenvalue weighted by molar-refractivity contribution is 6.01. The molecule has 1 saturated carbocycles. The number of carbonyl (C=O) groups is 2. The van der Waals surface area contributed by atoms with Crippen LogP contribution in [0.25, 0.3) is 0 Å². The van der Waals surface area contributed by atoms with Gasteiger partial charge in [-0.3, -0.25) is 4.79 Å². The molecule has 1 aromatic heterocycles. The molecule has 0 amide bonds. The van der Waals surface area contributed by atoms with Gasteiger partial charge in [0.2, 0.25) is 0 Å². The molecule has 1 fully saturated rings. The van der Waals surface area contributed by atoms with E-state index < -0.39 is 0 Å². The number of hydrogen-bond acceptors (Lipinski definition) is 4. The highest BCUT2D eigenvalue weighted by atomic mass is 16.5. The number of para-hydroxylation sites is 1. The quantitative estimate of drug-likeness (QED) is 0.536. The van der Waals surface area contributed by atoms with Gasteiger partial charge in [0.25, 0.3) is 0 Å². The largest absolute Gasteiger partial charge is 0.462 e. The van der Waals surface area contributed by atoms with E-state index in [4.69, 9.17) is 4.74 Å². The maximum atomic E-state index is 12.9. The number of ether oxygens (including phenoxy) is 1. The number of nitrogens with one attached hydrogen (secondary N) is 1. The first-order valence-electron chi connectivity index (χ1n) is 10.2. The Morgan fingerprint density at radius 3 is 2.54 bits per heavy atom. The number of carbonyl (C=O) groups excluding carboxylic acids is 2. The van der Waals surface area contributed by atoms with Crippen molar-refractivity contribution in [1.29, 1.82) is 0 Å². The molecule has 0 unspecified atom stereocenters. The first-order chi connectivity index (χ1) is 13.5. The van der Waals surface area contributed by atoms with E-state index in [9.17, 15) is 9.59 Å². The highest BCUT2D eigenvalue weighted by Crippen LogP contribution is 2.32. The van der Waals surface area contributed by atoms with Gasteiger partial charge >= 0.3 is 5.97 Å². The molecule has 150 valence electrons. The number of aromatic nitrogens is 1. The van der Waals surface area contributed by atoms with E-state index in [1.165, 1.54) is 32.1 Å². The molecule has 5 heteroatoms. The van der Waals surface area contributed by atoms with Crippen molar-refractivity contribution >= 4 is 17.4 Å². The lowest BCUT2D eigenvalue weighted by atomic mass is 9.95. The zero-order chi connectivity index (χ0) is 20.1. The number of anilines is 1. The Hall–Kier alpha value is -2.56. The zero-order valence-electron chi connectivity index (χ0n) is 17.1. The van der Waals surface area contributed by atoms with Crippen LogP contribution in [-0.2, 0) is 4.74 Å². The van der Waals surface area contributed by atoms with E-state index in [0.717, 1.165) is 17.0 Å². The van der Waals surface area contributed by atoms with Gasteiger partial charge < -0.3 is 14.6 Å². The van der Waals surface area contributed by atoms with Crippen molar-refractivity contribution in [3.63, 3.8) is 0 Å². The molecule has 0 spiro atoms. The Kier molecular flexibility index (Phi) is 6.55. The summed E-state index contributed by atoms with van der Waals surface area (Å²) in [6, 6.07) is 9.64. The SMILES string of the molecule is CCOC(=O)c1ccccc1NCC(=O)c1cc(C)n(C2CCCCC2)c1C. The average Bonchev–Trinajstić information content (AvgIpc) is 3.01. The topological polar surface area (TPSA) is 60.3 Å². The van der Waals surface area contributed by atoms with E-state index in [1.54, 1.807) is 25.1 Å². The maximum absolute atomic E-state index is 12.9. The van der Waals surface area contributed by atoms with Gasteiger partial charge in [-0.15, -0.1) is 0 Å². The van der Waals surface area contributed by atoms with Crippen LogP contribution in [0.2, 0.25) is 0 Å². The minimum atomic E-state index is -0.381. The number of Topliss-reactive ketones (excluding diaryl/α,β-unsaturated/α-hetero) is 1. The molecule has 5 nitrogen and oxygen atoms in total. The molecule has 0 radical (unpaired) electrons. The summed E-state index contributed by atoms with van der Waals surface area (Å²) in [5.74, 6) is -0.345. The molecule has 3 rings (SSSR count). The second-order valence-electron chi connectivity index (χ2n) is 7.49. The highest BCUT2D eigenvalue weighted by Gasteiger charge is 2.22. The third kappa shape index (κ3) is 4.29. The molecule has 0 aliphatic heterocycles. The number of rotatable bonds is 7. The van der Waals surface area contributed by atoms with Gasteiger partial charge in [-0.25, -0.2) is 4.79 Å². The summed E-state index contributed by atoms with van der Waals surface area (Å²) in [6.07, 6.45) is 6.21. The van der Waals surface area contributed by atoms with E-state index in [2.05, 4.69) is 16.8 Å². The number of nitrogens with zero attached hydrogens (tertiary/aromatic N) is 1. The van der Waals surface area contributed by atoms with Gasteiger partial charge in [-0.05, 0) is 51.8 Å². The van der Waals surface area contributed by atoms with Crippen molar-refractivity contribution in [2.24, 2.45) is 0 Å². The summed E-state index contributed by atoms with van der Waals surface area (Å²) in [5, 5.41) is 3.13. The standard InChI is InChI=1S/C23H30N2O3/c1-4-28-23(27)19-12-8-9-13-21(19)24-15-22(26)20-14-16(2)25(17(20)3)18-10-6-5-7-11-18/h8-9,12-14,18,24H,4-7,10-11,15H2,1-3H3. The van der Waals surface area contributed by atoms with Crippen LogP contribution in [-0.4, -0.2) is 29.5 Å². The van der Waals surface area contributed by atoms with Crippen molar-refractivity contribution in [3.8, 4) is 0 Å². The lowest BCUT2D eigenvalue weighted by Crippen LogP contribution is -2.19. The maximum Gasteiger partial charge on any atom is 0.340 e. The molecular weight excluding hydrogens is 352 g/mol. The number of benzene rings is 1. The third-order valence-electron chi connectivity index (χ3n) is 5.59. The van der Waals surface area contributed by atoms with Gasteiger partial charge in [-0.1, -0.05) is 31.4 Å². The van der Waals surface area contributed by atoms with E-state index in [0.29, 0.717) is 23.9 Å². The minimum absolute atomic E-state index is 0.0359. The van der Waals surface area contributed by atoms with Crippen molar-refractivity contribution in [3.05, 3.63) is 52.8 Å². The Morgan fingerprint density at radius 1 is 1.11 bits per heavy atom. The minimum Gasteiger partial charge on any atom is -0.462 e. The summed E-state index contributed by atoms with van der Waals surface area (Å²) in [4.78, 5) is 25.0. The van der Waals surface area contributed by atoms with Crippen molar-refractivity contribution in [1.82, 2.24) is 4.57 Å². The molecule has 1 heterocycles. The van der Waals surface area contributed by atoms with Crippen LogP contribution in [0.15, 0.2) is 30.3 Å². The summed E-state index contributed by atoms with van der Waals surface area (Å²) in [7, 11) is 0. The van der Waals surface area contributed by atoms with Gasteiger partial charge in [0.05, 0.1) is 18.7 Å². The Bertz CT molecular complexity index is 848. The monoisotopic (exact) mass is 382 g/mol. The first kappa shape index (κ1) is 20.2. The smallest absolute Gasteiger partial charge is 0.340 e. The van der Waals surface area contributed by atoms with E-state index in [-0.39, 0.29) is 18.3 Å². The predicted octanol–water partition coefficient (Wildman–Crippen LogP) is 5.08. The van der Waals surface area contributed by atoms with E-state index in [1.807, 2.05) is 19.1 Å².